The smallest absolute Gasteiger partial charge is 0.123 e. The molecule has 1 aliphatic heterocycles. The van der Waals surface area contributed by atoms with Crippen LogP contribution in [0.1, 0.15) is 135 Å². The van der Waals surface area contributed by atoms with Gasteiger partial charge in [0.15, 0.2) is 0 Å². The number of rotatable bonds is 6. The Kier molecular flexibility index (Phi) is 17.8. The second kappa shape index (κ2) is 19.1. The first kappa shape index (κ1) is 47.5. The number of hydrogen-bond acceptors (Lipinski definition) is 5. The first-order valence-corrected chi connectivity index (χ1v) is 22.2. The van der Waals surface area contributed by atoms with Crippen molar-refractivity contribution in [2.75, 3.05) is 13.2 Å². The van der Waals surface area contributed by atoms with Gasteiger partial charge < -0.3 is 21.5 Å². The fourth-order valence-corrected chi connectivity index (χ4v) is 5.52. The van der Waals surface area contributed by atoms with Crippen molar-refractivity contribution < 1.29 is 47.7 Å². The summed E-state index contributed by atoms with van der Waals surface area (Å²) in [5.41, 5.74) is 6.55. The third-order valence-electron chi connectivity index (χ3n) is 8.45. The van der Waals surface area contributed by atoms with Gasteiger partial charge in [-0.25, -0.2) is 0 Å². The number of pyridine rings is 1. The maximum atomic E-state index is 11.6. The summed E-state index contributed by atoms with van der Waals surface area (Å²) >= 11 is 0. The van der Waals surface area contributed by atoms with E-state index in [2.05, 4.69) is 143 Å². The summed E-state index contributed by atoms with van der Waals surface area (Å²) in [6, 6.07) is 14.6. The molecule has 1 aliphatic rings. The minimum atomic E-state index is -0.861. The van der Waals surface area contributed by atoms with Crippen molar-refractivity contribution in [3.05, 3.63) is 94.3 Å². The van der Waals surface area contributed by atoms with Gasteiger partial charge in [-0.2, -0.15) is 0 Å². The molecule has 2 heterocycles. The van der Waals surface area contributed by atoms with Gasteiger partial charge in [0.1, 0.15) is 11.5 Å². The molecule has 2 aromatic carbocycles. The quantitative estimate of drug-likeness (QED) is 0.192. The number of benzene rings is 2. The molecule has 0 amide bonds. The summed E-state index contributed by atoms with van der Waals surface area (Å²) in [5.74, 6) is 0.712. The number of nitrogens with zero attached hydrogens (tertiary/aromatic N) is 2. The molecule has 1 fully saturated rings. The molecule has 3 aromatic rings. The first-order chi connectivity index (χ1) is 22.7. The SMILES string of the molecule is C1CCOC1.CC(C)(C)c1cc(CN(Cc2ccccn2)Cc2cc(C(C)(C)C)cc(C(C)(C)C)c2O)c(O)c(C(C)(C)C)c1.[CH2-][Si](C)(C)C.[Y]. The Morgan fingerprint density at radius 3 is 1.33 bits per heavy atom. The van der Waals surface area contributed by atoms with Crippen LogP contribution in [0, 0.1) is 6.55 Å². The van der Waals surface area contributed by atoms with E-state index in [4.69, 9.17) is 4.74 Å². The fraction of sp³-hybridized carbons (Fsp3) is 0.591. The molecule has 1 radical (unpaired) electrons. The summed E-state index contributed by atoms with van der Waals surface area (Å²) < 4.78 is 4.94. The Hall–Kier alpha value is -1.57. The zero-order valence-electron chi connectivity index (χ0n) is 35.1. The van der Waals surface area contributed by atoms with E-state index in [9.17, 15) is 10.2 Å². The number of aromatic hydroxyl groups is 2. The standard InChI is InChI=1S/C36H52N2O2.C4H8O.C4H11Si.Y/c1-33(2,3)26-17-24(31(39)29(19-26)35(7,8)9)21-38(23-28-15-13-14-16-37-28)22-25-18-27(34(4,5)6)20-30(32(25)40)36(10,11)12;1-2-4-5-3-1;1-5(2,3)4;/h13-20,39-40H,21-23H2,1-12H3;1-4H2;1H2,2-4H3;/q;;-1;. The molecule has 0 unspecified atom stereocenters. The third-order valence-corrected chi connectivity index (χ3v) is 8.45. The molecule has 0 bridgehead atoms. The molecule has 0 spiro atoms. The second-order valence-corrected chi connectivity index (χ2v) is 24.5. The Morgan fingerprint density at radius 2 is 1.06 bits per heavy atom. The molecule has 0 aliphatic carbocycles. The molecule has 0 atom stereocenters. The van der Waals surface area contributed by atoms with E-state index in [1.54, 1.807) is 0 Å². The van der Waals surface area contributed by atoms with E-state index in [1.807, 2.05) is 24.4 Å². The molecule has 1 aromatic heterocycles. The number of hydrogen-bond donors (Lipinski definition) is 2. The van der Waals surface area contributed by atoms with Gasteiger partial charge >= 0.3 is 0 Å². The Bertz CT molecular complexity index is 1400. The molecular formula is C44H71N2O3SiY-. The normalized spacial score (nSPS) is 13.9. The fourth-order valence-electron chi connectivity index (χ4n) is 5.52. The largest absolute Gasteiger partial charge is 0.507 e. The van der Waals surface area contributed by atoms with Crippen LogP contribution in [-0.4, -0.2) is 41.4 Å². The van der Waals surface area contributed by atoms with Crippen LogP contribution in [0.3, 0.4) is 0 Å². The molecule has 51 heavy (non-hydrogen) atoms. The predicted octanol–water partition coefficient (Wildman–Crippen LogP) is 11.4. The van der Waals surface area contributed by atoms with Crippen LogP contribution in [0.4, 0.5) is 0 Å². The topological polar surface area (TPSA) is 65.8 Å². The van der Waals surface area contributed by atoms with Gasteiger partial charge in [0.05, 0.1) is 5.69 Å². The minimum absolute atomic E-state index is 0. The Labute approximate surface area is 339 Å². The molecule has 2 N–H and O–H groups in total. The van der Waals surface area contributed by atoms with Gasteiger partial charge in [-0.3, -0.25) is 9.88 Å². The average Bonchev–Trinajstić information content (AvgIpc) is 3.53. The van der Waals surface area contributed by atoms with Gasteiger partial charge in [0.25, 0.3) is 0 Å². The number of aromatic nitrogens is 1. The third kappa shape index (κ3) is 16.5. The predicted molar refractivity (Wildman–Crippen MR) is 217 cm³/mol. The monoisotopic (exact) mass is 792 g/mol. The van der Waals surface area contributed by atoms with Crippen molar-refractivity contribution in [3.63, 3.8) is 0 Å². The molecule has 7 heteroatoms. The zero-order valence-corrected chi connectivity index (χ0v) is 38.9. The van der Waals surface area contributed by atoms with E-state index in [0.717, 1.165) is 41.2 Å². The maximum absolute atomic E-state index is 11.6. The second-order valence-electron chi connectivity index (χ2n) is 19.4. The first-order valence-electron chi connectivity index (χ1n) is 18.5. The molecule has 1 saturated heterocycles. The van der Waals surface area contributed by atoms with E-state index >= 15 is 0 Å². The van der Waals surface area contributed by atoms with Gasteiger partial charge in [0.2, 0.25) is 0 Å². The van der Waals surface area contributed by atoms with Crippen LogP contribution < -0.4 is 0 Å². The maximum Gasteiger partial charge on any atom is 0.123 e. The van der Waals surface area contributed by atoms with Crippen LogP contribution in [0.2, 0.25) is 19.6 Å². The van der Waals surface area contributed by atoms with Crippen molar-refractivity contribution in [3.8, 4) is 11.5 Å². The summed E-state index contributed by atoms with van der Waals surface area (Å²) in [4.78, 5) is 6.89. The van der Waals surface area contributed by atoms with Crippen molar-refractivity contribution in [2.45, 2.75) is 157 Å². The summed E-state index contributed by atoms with van der Waals surface area (Å²) in [5, 5.41) is 23.1. The van der Waals surface area contributed by atoms with Crippen molar-refractivity contribution >= 4 is 8.07 Å². The average molecular weight is 793 g/mol. The Morgan fingerprint density at radius 1 is 0.667 bits per heavy atom. The zero-order chi connectivity index (χ0) is 38.3. The van der Waals surface area contributed by atoms with Crippen LogP contribution in [-0.2, 0) is 78.7 Å². The molecule has 5 nitrogen and oxygen atoms in total. The van der Waals surface area contributed by atoms with E-state index < -0.39 is 8.07 Å². The van der Waals surface area contributed by atoms with Crippen molar-refractivity contribution in [2.24, 2.45) is 0 Å². The number of phenolic OH excluding ortho intramolecular Hbond substituents is 2. The van der Waals surface area contributed by atoms with Crippen LogP contribution in [0.25, 0.3) is 0 Å². The van der Waals surface area contributed by atoms with Crippen molar-refractivity contribution in [1.82, 2.24) is 9.88 Å². The van der Waals surface area contributed by atoms with Crippen LogP contribution >= 0.6 is 0 Å². The van der Waals surface area contributed by atoms with Crippen LogP contribution in [0.15, 0.2) is 48.7 Å². The van der Waals surface area contributed by atoms with E-state index in [-0.39, 0.29) is 54.4 Å². The minimum Gasteiger partial charge on any atom is -0.507 e. The molecular weight excluding hydrogens is 721 g/mol. The molecule has 0 saturated carbocycles. The van der Waals surface area contributed by atoms with Gasteiger partial charge in [0, 0.05) is 82.9 Å². The van der Waals surface area contributed by atoms with Gasteiger partial charge in [-0.1, -0.05) is 133 Å². The molecule has 4 rings (SSSR count). The van der Waals surface area contributed by atoms with Crippen molar-refractivity contribution in [1.29, 1.82) is 0 Å². The van der Waals surface area contributed by atoms with Gasteiger partial charge in [-0.15, -0.1) is 8.07 Å². The summed E-state index contributed by atoms with van der Waals surface area (Å²) in [6.45, 7) is 40.4. The van der Waals surface area contributed by atoms with E-state index in [1.165, 1.54) is 24.0 Å². The summed E-state index contributed by atoms with van der Waals surface area (Å²) in [7, 11) is -0.861. The van der Waals surface area contributed by atoms with Gasteiger partial charge in [-0.05, 0) is 68.9 Å². The van der Waals surface area contributed by atoms with Crippen LogP contribution in [0.5, 0.6) is 11.5 Å². The Balaban J connectivity index is 0.00000102. The number of ether oxygens (including phenoxy) is 1. The molecule has 283 valence electrons. The summed E-state index contributed by atoms with van der Waals surface area (Å²) in [6.07, 6.45) is 4.37. The number of phenols is 2. The van der Waals surface area contributed by atoms with E-state index in [0.29, 0.717) is 31.1 Å².